The van der Waals surface area contributed by atoms with Crippen molar-refractivity contribution in [3.63, 3.8) is 0 Å². The summed E-state index contributed by atoms with van der Waals surface area (Å²) >= 11 is 1.79. The fraction of sp³-hybridized carbons (Fsp3) is 0.769. The highest BCUT2D eigenvalue weighted by Gasteiger charge is 2.22. The minimum Gasteiger partial charge on any atom is -0.316 e. The van der Waals surface area contributed by atoms with Crippen LogP contribution in [0.5, 0.6) is 0 Å². The molecule has 3 nitrogen and oxygen atoms in total. The van der Waals surface area contributed by atoms with Crippen molar-refractivity contribution in [3.05, 3.63) is 16.1 Å². The van der Waals surface area contributed by atoms with Gasteiger partial charge in [0.1, 0.15) is 0 Å². The van der Waals surface area contributed by atoms with Crippen molar-refractivity contribution in [1.29, 1.82) is 0 Å². The monoisotopic (exact) mass is 253 g/mol. The van der Waals surface area contributed by atoms with Crippen molar-refractivity contribution in [1.82, 2.24) is 15.2 Å². The smallest absolute Gasteiger partial charge is 0.0798 e. The number of aromatic nitrogens is 1. The summed E-state index contributed by atoms with van der Waals surface area (Å²) in [4.78, 5) is 8.32. The summed E-state index contributed by atoms with van der Waals surface area (Å²) in [5, 5.41) is 3.53. The zero-order chi connectivity index (χ0) is 12.1. The van der Waals surface area contributed by atoms with E-state index in [9.17, 15) is 0 Å². The van der Waals surface area contributed by atoms with Gasteiger partial charge in [-0.1, -0.05) is 6.92 Å². The Kier molecular flexibility index (Phi) is 4.95. The van der Waals surface area contributed by atoms with Gasteiger partial charge in [0.05, 0.1) is 11.2 Å². The Balaban J connectivity index is 1.73. The minimum absolute atomic E-state index is 0.842. The van der Waals surface area contributed by atoms with E-state index in [4.69, 9.17) is 0 Å². The fourth-order valence-corrected chi connectivity index (χ4v) is 3.21. The Bertz CT molecular complexity index is 337. The second-order valence-corrected chi connectivity index (χ2v) is 5.89. The molecule has 1 aliphatic heterocycles. The van der Waals surface area contributed by atoms with Crippen molar-refractivity contribution < 1.29 is 0 Å². The van der Waals surface area contributed by atoms with E-state index in [2.05, 4.69) is 29.0 Å². The summed E-state index contributed by atoms with van der Waals surface area (Å²) < 4.78 is 0. The van der Waals surface area contributed by atoms with Crippen molar-refractivity contribution in [2.24, 2.45) is 5.92 Å². The molecule has 2 rings (SSSR count). The van der Waals surface area contributed by atoms with Crippen LogP contribution in [-0.4, -0.2) is 36.1 Å². The SMILES string of the molecule is CCCNCC1CCN(Cc2scnc2C)C1. The quantitative estimate of drug-likeness (QED) is 0.788. The topological polar surface area (TPSA) is 28.2 Å². The van der Waals surface area contributed by atoms with Gasteiger partial charge < -0.3 is 5.32 Å². The number of hydrogen-bond donors (Lipinski definition) is 1. The van der Waals surface area contributed by atoms with Crippen molar-refractivity contribution in [3.8, 4) is 0 Å². The summed E-state index contributed by atoms with van der Waals surface area (Å²) in [7, 11) is 0. The lowest BCUT2D eigenvalue weighted by Gasteiger charge is -2.15. The van der Waals surface area contributed by atoms with Crippen molar-refractivity contribution in [2.45, 2.75) is 33.2 Å². The van der Waals surface area contributed by atoms with Gasteiger partial charge in [0, 0.05) is 18.0 Å². The molecule has 0 saturated carbocycles. The molecule has 0 amide bonds. The largest absolute Gasteiger partial charge is 0.316 e. The number of rotatable bonds is 6. The standard InChI is InChI=1S/C13H23N3S/c1-3-5-14-7-12-4-6-16(8-12)9-13-11(2)15-10-17-13/h10,12,14H,3-9H2,1-2H3. The predicted octanol–water partition coefficient (Wildman–Crippen LogP) is 2.27. The van der Waals surface area contributed by atoms with E-state index in [-0.39, 0.29) is 0 Å². The molecule has 1 unspecified atom stereocenters. The highest BCUT2D eigenvalue weighted by molar-refractivity contribution is 7.09. The van der Waals surface area contributed by atoms with Gasteiger partial charge >= 0.3 is 0 Å². The number of nitrogens with zero attached hydrogens (tertiary/aromatic N) is 2. The maximum absolute atomic E-state index is 4.32. The third-order valence-corrected chi connectivity index (χ3v) is 4.36. The normalized spacial score (nSPS) is 21.2. The van der Waals surface area contributed by atoms with Gasteiger partial charge in [-0.15, -0.1) is 11.3 Å². The molecule has 0 radical (unpaired) electrons. The third-order valence-electron chi connectivity index (χ3n) is 3.44. The molecule has 0 aliphatic carbocycles. The first-order valence-corrected chi connectivity index (χ1v) is 7.49. The van der Waals surface area contributed by atoms with Crippen LogP contribution in [0, 0.1) is 12.8 Å². The van der Waals surface area contributed by atoms with Crippen LogP contribution in [-0.2, 0) is 6.54 Å². The Morgan fingerprint density at radius 1 is 1.59 bits per heavy atom. The van der Waals surface area contributed by atoms with Crippen molar-refractivity contribution in [2.75, 3.05) is 26.2 Å². The van der Waals surface area contributed by atoms with Crippen LogP contribution >= 0.6 is 11.3 Å². The summed E-state index contributed by atoms with van der Waals surface area (Å²) in [6, 6.07) is 0. The lowest BCUT2D eigenvalue weighted by atomic mass is 10.1. The predicted molar refractivity (Wildman–Crippen MR) is 73.4 cm³/mol. The second kappa shape index (κ2) is 6.47. The highest BCUT2D eigenvalue weighted by atomic mass is 32.1. The zero-order valence-corrected chi connectivity index (χ0v) is 11.7. The summed E-state index contributed by atoms with van der Waals surface area (Å²) in [5.41, 5.74) is 3.17. The first-order valence-electron chi connectivity index (χ1n) is 6.61. The molecule has 1 fully saturated rings. The third kappa shape index (κ3) is 3.76. The molecule has 1 aliphatic rings. The van der Waals surface area contributed by atoms with E-state index in [0.29, 0.717) is 0 Å². The van der Waals surface area contributed by atoms with Crippen LogP contribution in [0.3, 0.4) is 0 Å². The maximum atomic E-state index is 4.32. The van der Waals surface area contributed by atoms with E-state index in [1.54, 1.807) is 11.3 Å². The zero-order valence-electron chi connectivity index (χ0n) is 10.9. The molecule has 17 heavy (non-hydrogen) atoms. The van der Waals surface area contributed by atoms with Gasteiger partial charge in [-0.25, -0.2) is 4.98 Å². The van der Waals surface area contributed by atoms with Crippen LogP contribution in [0.1, 0.15) is 30.3 Å². The Morgan fingerprint density at radius 2 is 2.47 bits per heavy atom. The molecule has 1 aromatic rings. The summed E-state index contributed by atoms with van der Waals surface area (Å²) in [6.45, 7) is 10.3. The Hall–Kier alpha value is -0.450. The number of aryl methyl sites for hydroxylation is 1. The van der Waals surface area contributed by atoms with E-state index in [0.717, 1.165) is 19.0 Å². The van der Waals surface area contributed by atoms with Crippen LogP contribution in [0.2, 0.25) is 0 Å². The molecule has 2 heterocycles. The average molecular weight is 253 g/mol. The number of likely N-dealkylation sites (tertiary alicyclic amines) is 1. The molecular formula is C13H23N3S. The first kappa shape index (κ1) is 13.0. The Labute approximate surface area is 108 Å². The van der Waals surface area contributed by atoms with Gasteiger partial charge in [-0.05, 0) is 45.3 Å². The molecule has 4 heteroatoms. The number of nitrogens with one attached hydrogen (secondary N) is 1. The fourth-order valence-electron chi connectivity index (χ4n) is 2.39. The molecule has 1 aromatic heterocycles. The van der Waals surface area contributed by atoms with Gasteiger partial charge in [-0.3, -0.25) is 4.90 Å². The number of hydrogen-bond acceptors (Lipinski definition) is 4. The van der Waals surface area contributed by atoms with E-state index >= 15 is 0 Å². The highest BCUT2D eigenvalue weighted by Crippen LogP contribution is 2.21. The summed E-state index contributed by atoms with van der Waals surface area (Å²) in [5.74, 6) is 0.842. The second-order valence-electron chi connectivity index (χ2n) is 4.95. The van der Waals surface area contributed by atoms with Crippen LogP contribution in [0.15, 0.2) is 5.51 Å². The lowest BCUT2D eigenvalue weighted by molar-refractivity contribution is 0.316. The molecule has 1 N–H and O–H groups in total. The van der Waals surface area contributed by atoms with Crippen LogP contribution in [0.4, 0.5) is 0 Å². The van der Waals surface area contributed by atoms with E-state index in [1.807, 2.05) is 5.51 Å². The maximum Gasteiger partial charge on any atom is 0.0798 e. The average Bonchev–Trinajstić information content (AvgIpc) is 2.91. The molecule has 96 valence electrons. The Morgan fingerprint density at radius 3 is 3.18 bits per heavy atom. The van der Waals surface area contributed by atoms with Gasteiger partial charge in [0.25, 0.3) is 0 Å². The molecule has 1 saturated heterocycles. The molecule has 1 atom stereocenters. The van der Waals surface area contributed by atoms with Gasteiger partial charge in [-0.2, -0.15) is 0 Å². The molecule has 0 aromatic carbocycles. The first-order chi connectivity index (χ1) is 8.29. The molecule has 0 spiro atoms. The molecule has 0 bridgehead atoms. The van der Waals surface area contributed by atoms with Crippen LogP contribution < -0.4 is 5.32 Å². The summed E-state index contributed by atoms with van der Waals surface area (Å²) in [6.07, 6.45) is 2.57. The lowest BCUT2D eigenvalue weighted by Crippen LogP contribution is -2.26. The van der Waals surface area contributed by atoms with Gasteiger partial charge in [0.2, 0.25) is 0 Å². The van der Waals surface area contributed by atoms with E-state index < -0.39 is 0 Å². The van der Waals surface area contributed by atoms with Crippen molar-refractivity contribution >= 4 is 11.3 Å². The molecular weight excluding hydrogens is 230 g/mol. The van der Waals surface area contributed by atoms with Crippen LogP contribution in [0.25, 0.3) is 0 Å². The van der Waals surface area contributed by atoms with E-state index in [1.165, 1.54) is 43.0 Å². The minimum atomic E-state index is 0.842. The van der Waals surface area contributed by atoms with Gasteiger partial charge in [0.15, 0.2) is 0 Å². The number of thiazole rings is 1.